The van der Waals surface area contributed by atoms with Crippen molar-refractivity contribution in [2.45, 2.75) is 32.0 Å². The molecule has 25 heavy (non-hydrogen) atoms. The summed E-state index contributed by atoms with van der Waals surface area (Å²) in [5.74, 6) is 1.70. The monoisotopic (exact) mass is 344 g/mol. The van der Waals surface area contributed by atoms with Gasteiger partial charge in [0.1, 0.15) is 11.7 Å². The minimum atomic E-state index is -0.181. The number of rotatable bonds is 3. The van der Waals surface area contributed by atoms with Crippen LogP contribution in [0, 0.1) is 12.8 Å². The van der Waals surface area contributed by atoms with Gasteiger partial charge in [0, 0.05) is 25.2 Å². The van der Waals surface area contributed by atoms with Crippen molar-refractivity contribution in [1.29, 1.82) is 0 Å². The number of carbonyl (C=O) groups excluding carboxylic acids is 1. The van der Waals surface area contributed by atoms with Gasteiger partial charge in [-0.05, 0) is 31.9 Å². The Labute approximate surface area is 145 Å². The highest BCUT2D eigenvalue weighted by Crippen LogP contribution is 2.40. The van der Waals surface area contributed by atoms with Gasteiger partial charge in [0.05, 0.1) is 13.2 Å². The fraction of sp³-hybridized carbons (Fsp3) is 0.529. The van der Waals surface area contributed by atoms with Gasteiger partial charge in [0.25, 0.3) is 11.8 Å². The number of fused-ring (bicyclic) bond motifs is 1. The minimum absolute atomic E-state index is 0.0551. The molecule has 0 bridgehead atoms. The number of piperidine rings is 1. The van der Waals surface area contributed by atoms with Crippen molar-refractivity contribution < 1.29 is 18.8 Å². The number of pyridine rings is 1. The van der Waals surface area contributed by atoms with Crippen LogP contribution in [0.15, 0.2) is 22.9 Å². The lowest BCUT2D eigenvalue weighted by molar-refractivity contribution is -0.00781. The molecule has 3 atom stereocenters. The summed E-state index contributed by atoms with van der Waals surface area (Å²) in [5.41, 5.74) is 0.492. The number of methoxy groups -OCH3 is 1. The molecule has 4 rings (SSSR count). The highest BCUT2D eigenvalue weighted by molar-refractivity contribution is 5.96. The lowest BCUT2D eigenvalue weighted by Crippen LogP contribution is -2.44. The fourth-order valence-corrected chi connectivity index (χ4v) is 3.63. The second kappa shape index (κ2) is 6.44. The van der Waals surface area contributed by atoms with Crippen molar-refractivity contribution in [1.82, 2.24) is 20.0 Å². The van der Waals surface area contributed by atoms with E-state index >= 15 is 0 Å². The fourth-order valence-electron chi connectivity index (χ4n) is 3.63. The van der Waals surface area contributed by atoms with E-state index < -0.39 is 0 Å². The summed E-state index contributed by atoms with van der Waals surface area (Å²) in [6, 6.07) is 3.49. The molecule has 2 aliphatic rings. The number of hydrogen-bond donors (Lipinski definition) is 0. The standard InChI is InChI=1S/C17H20N4O4/c1-10-19-16(25-20-10)14-8-11-9-21(7-5-13(11)24-14)17(22)12-4-3-6-18-15(12)23-2/h3-4,6,11,13-14H,5,7-9H2,1-2H3/t11-,13+,14+/m1/s1. The van der Waals surface area contributed by atoms with Gasteiger partial charge >= 0.3 is 0 Å². The van der Waals surface area contributed by atoms with Gasteiger partial charge in [-0.2, -0.15) is 4.98 Å². The highest BCUT2D eigenvalue weighted by Gasteiger charge is 2.43. The van der Waals surface area contributed by atoms with Crippen LogP contribution in [-0.4, -0.2) is 52.2 Å². The van der Waals surface area contributed by atoms with Crippen LogP contribution in [0.4, 0.5) is 0 Å². The third kappa shape index (κ3) is 2.97. The lowest BCUT2D eigenvalue weighted by Gasteiger charge is -2.34. The molecule has 2 aromatic heterocycles. The zero-order chi connectivity index (χ0) is 17.4. The predicted molar refractivity (Wildman–Crippen MR) is 86.1 cm³/mol. The number of ether oxygens (including phenoxy) is 2. The minimum Gasteiger partial charge on any atom is -0.480 e. The number of nitrogens with zero attached hydrogens (tertiary/aromatic N) is 4. The molecular weight excluding hydrogens is 324 g/mol. The SMILES string of the molecule is COc1ncccc1C(=O)N1CC[C@@H]2O[C@H](c3nc(C)no3)C[C@@H]2C1. The summed E-state index contributed by atoms with van der Waals surface area (Å²) in [4.78, 5) is 23.1. The number of amides is 1. The zero-order valence-electron chi connectivity index (χ0n) is 14.2. The number of carbonyl (C=O) groups is 1. The van der Waals surface area contributed by atoms with E-state index in [9.17, 15) is 4.79 Å². The predicted octanol–water partition coefficient (Wildman–Crippen LogP) is 1.77. The van der Waals surface area contributed by atoms with E-state index in [1.54, 1.807) is 25.3 Å². The Morgan fingerprint density at radius 1 is 1.44 bits per heavy atom. The van der Waals surface area contributed by atoms with E-state index in [0.29, 0.717) is 36.2 Å². The third-order valence-corrected chi connectivity index (χ3v) is 4.82. The number of hydrogen-bond acceptors (Lipinski definition) is 7. The first-order valence-electron chi connectivity index (χ1n) is 8.39. The molecule has 2 saturated heterocycles. The topological polar surface area (TPSA) is 90.6 Å². The van der Waals surface area contributed by atoms with Crippen LogP contribution in [-0.2, 0) is 4.74 Å². The van der Waals surface area contributed by atoms with Crippen molar-refractivity contribution in [3.63, 3.8) is 0 Å². The molecule has 1 amide bonds. The van der Waals surface area contributed by atoms with Gasteiger partial charge in [-0.15, -0.1) is 0 Å². The summed E-state index contributed by atoms with van der Waals surface area (Å²) in [6.45, 7) is 3.08. The van der Waals surface area contributed by atoms with Crippen LogP contribution < -0.4 is 4.74 Å². The molecule has 8 heteroatoms. The average Bonchev–Trinajstić information content (AvgIpc) is 3.26. The second-order valence-corrected chi connectivity index (χ2v) is 6.44. The van der Waals surface area contributed by atoms with Gasteiger partial charge < -0.3 is 18.9 Å². The van der Waals surface area contributed by atoms with Crippen LogP contribution in [0.2, 0.25) is 0 Å². The van der Waals surface area contributed by atoms with E-state index in [1.165, 1.54) is 7.11 Å². The van der Waals surface area contributed by atoms with E-state index in [4.69, 9.17) is 14.0 Å². The maximum absolute atomic E-state index is 12.8. The van der Waals surface area contributed by atoms with Gasteiger partial charge in [0.15, 0.2) is 5.82 Å². The molecule has 0 aromatic carbocycles. The molecule has 2 aliphatic heterocycles. The molecular formula is C17H20N4O4. The van der Waals surface area contributed by atoms with E-state index in [2.05, 4.69) is 15.1 Å². The van der Waals surface area contributed by atoms with Crippen LogP contribution in [0.1, 0.15) is 41.0 Å². The van der Waals surface area contributed by atoms with Gasteiger partial charge in [0.2, 0.25) is 5.88 Å². The first-order chi connectivity index (χ1) is 12.2. The Hall–Kier alpha value is -2.48. The summed E-state index contributed by atoms with van der Waals surface area (Å²) >= 11 is 0. The molecule has 8 nitrogen and oxygen atoms in total. The molecule has 2 fully saturated rings. The number of likely N-dealkylation sites (tertiary alicyclic amines) is 1. The first-order valence-corrected chi connectivity index (χ1v) is 8.39. The normalized spacial score (nSPS) is 25.7. The van der Waals surface area contributed by atoms with E-state index in [0.717, 1.165) is 12.8 Å². The number of aromatic nitrogens is 3. The van der Waals surface area contributed by atoms with Crippen molar-refractivity contribution in [3.8, 4) is 5.88 Å². The Morgan fingerprint density at radius 3 is 3.08 bits per heavy atom. The van der Waals surface area contributed by atoms with Crippen molar-refractivity contribution in [2.24, 2.45) is 5.92 Å². The average molecular weight is 344 g/mol. The molecule has 0 aliphatic carbocycles. The smallest absolute Gasteiger partial charge is 0.259 e. The molecule has 132 valence electrons. The molecule has 0 N–H and O–H groups in total. The largest absolute Gasteiger partial charge is 0.480 e. The number of aryl methyl sites for hydroxylation is 1. The Bertz CT molecular complexity index is 778. The van der Waals surface area contributed by atoms with Gasteiger partial charge in [-0.25, -0.2) is 4.98 Å². The quantitative estimate of drug-likeness (QED) is 0.838. The van der Waals surface area contributed by atoms with Crippen molar-refractivity contribution in [3.05, 3.63) is 35.6 Å². The maximum atomic E-state index is 12.8. The van der Waals surface area contributed by atoms with Crippen LogP contribution in [0.25, 0.3) is 0 Å². The molecule has 2 aromatic rings. The molecule has 0 radical (unpaired) electrons. The summed E-state index contributed by atoms with van der Waals surface area (Å²) in [7, 11) is 1.52. The van der Waals surface area contributed by atoms with Crippen LogP contribution in [0.5, 0.6) is 5.88 Å². The Kier molecular flexibility index (Phi) is 4.12. The summed E-state index contributed by atoms with van der Waals surface area (Å²) in [6.07, 6.45) is 3.13. The van der Waals surface area contributed by atoms with E-state index in [-0.39, 0.29) is 24.0 Å². The van der Waals surface area contributed by atoms with Gasteiger partial charge in [-0.1, -0.05) is 5.16 Å². The van der Waals surface area contributed by atoms with Gasteiger partial charge in [-0.3, -0.25) is 4.79 Å². The first kappa shape index (κ1) is 16.0. The maximum Gasteiger partial charge on any atom is 0.259 e. The van der Waals surface area contributed by atoms with E-state index in [1.807, 2.05) is 4.90 Å². The van der Waals surface area contributed by atoms with Crippen LogP contribution in [0.3, 0.4) is 0 Å². The summed E-state index contributed by atoms with van der Waals surface area (Å²) in [5, 5.41) is 3.83. The highest BCUT2D eigenvalue weighted by atomic mass is 16.5. The molecule has 0 spiro atoms. The third-order valence-electron chi connectivity index (χ3n) is 4.82. The van der Waals surface area contributed by atoms with Crippen molar-refractivity contribution >= 4 is 5.91 Å². The lowest BCUT2D eigenvalue weighted by atomic mass is 9.92. The Balaban J connectivity index is 1.46. The van der Waals surface area contributed by atoms with Crippen molar-refractivity contribution in [2.75, 3.05) is 20.2 Å². The van der Waals surface area contributed by atoms with Crippen LogP contribution >= 0.6 is 0 Å². The Morgan fingerprint density at radius 2 is 2.32 bits per heavy atom. The molecule has 4 heterocycles. The zero-order valence-corrected chi connectivity index (χ0v) is 14.2. The molecule has 0 unspecified atom stereocenters. The molecule has 0 saturated carbocycles. The second-order valence-electron chi connectivity index (χ2n) is 6.44. The summed E-state index contributed by atoms with van der Waals surface area (Å²) < 4.78 is 16.5.